The Labute approximate surface area is 374 Å². The molecule has 0 heterocycles. The molecule has 0 aliphatic rings. The van der Waals surface area contributed by atoms with Crippen LogP contribution in [0.5, 0.6) is 0 Å². The predicted octanol–water partition coefficient (Wildman–Crippen LogP) is 17.2. The van der Waals surface area contributed by atoms with Gasteiger partial charge in [0.25, 0.3) is 0 Å². The molecule has 1 atom stereocenters. The van der Waals surface area contributed by atoms with Crippen LogP contribution in [0.1, 0.15) is 292 Å². The molecule has 0 amide bonds. The van der Waals surface area contributed by atoms with E-state index >= 15 is 0 Å². The molecule has 0 aliphatic carbocycles. The van der Waals surface area contributed by atoms with Crippen LogP contribution in [0.15, 0.2) is 0 Å². The lowest BCUT2D eigenvalue weighted by molar-refractivity contribution is -0.167. The van der Waals surface area contributed by atoms with Crippen LogP contribution < -0.4 is 0 Å². The summed E-state index contributed by atoms with van der Waals surface area (Å²) >= 11 is 0. The fraction of sp³-hybridized carbons (Fsp3) is 0.944. The highest BCUT2D eigenvalue weighted by Gasteiger charge is 2.19. The van der Waals surface area contributed by atoms with Gasteiger partial charge >= 0.3 is 17.9 Å². The van der Waals surface area contributed by atoms with Gasteiger partial charge in [-0.15, -0.1) is 0 Å². The van der Waals surface area contributed by atoms with E-state index < -0.39 is 6.10 Å². The van der Waals surface area contributed by atoms with Gasteiger partial charge in [-0.1, -0.05) is 253 Å². The van der Waals surface area contributed by atoms with Crippen molar-refractivity contribution < 1.29 is 28.6 Å². The lowest BCUT2D eigenvalue weighted by Gasteiger charge is -2.18. The number of hydrogen-bond acceptors (Lipinski definition) is 6. The van der Waals surface area contributed by atoms with Crippen LogP contribution in [0, 0.1) is 17.8 Å². The molecule has 0 N–H and O–H groups in total. The second kappa shape index (κ2) is 45.4. The molecule has 0 aliphatic heterocycles. The summed E-state index contributed by atoms with van der Waals surface area (Å²) in [5, 5.41) is 0. The van der Waals surface area contributed by atoms with E-state index in [0.717, 1.165) is 75.5 Å². The lowest BCUT2D eigenvalue weighted by atomic mass is 10.0. The Morgan fingerprint density at radius 1 is 0.283 bits per heavy atom. The first kappa shape index (κ1) is 58.4. The van der Waals surface area contributed by atoms with Crippen LogP contribution in [-0.2, 0) is 28.6 Å². The van der Waals surface area contributed by atoms with Crippen molar-refractivity contribution in [3.05, 3.63) is 0 Å². The van der Waals surface area contributed by atoms with Crippen LogP contribution in [0.4, 0.5) is 0 Å². The highest BCUT2D eigenvalue weighted by molar-refractivity contribution is 5.71. The molecule has 0 fully saturated rings. The standard InChI is InChI=1S/C54H104O6/c1-48(2)40-34-28-22-16-13-11-9-7-8-10-12-14-18-25-31-37-43-52(55)58-46-51(60-54(57)45-39-33-27-21-20-24-30-36-42-50(5)6)47-59-53(56)44-38-32-26-19-15-17-23-29-35-41-49(3)4/h48-51H,7-47H2,1-6H3/t51-/m0/s1. The number of carbonyl (C=O) groups is 3. The second-order valence-electron chi connectivity index (χ2n) is 19.9. The fourth-order valence-corrected chi connectivity index (χ4v) is 8.12. The average molecular weight is 849 g/mol. The van der Waals surface area contributed by atoms with E-state index in [1.807, 2.05) is 0 Å². The van der Waals surface area contributed by atoms with Crippen molar-refractivity contribution in [3.63, 3.8) is 0 Å². The first-order chi connectivity index (χ1) is 29.1. The monoisotopic (exact) mass is 849 g/mol. The molecule has 6 nitrogen and oxygen atoms in total. The summed E-state index contributed by atoms with van der Waals surface area (Å²) in [6.07, 6.45) is 45.3. The zero-order valence-electron chi connectivity index (χ0n) is 41.3. The van der Waals surface area contributed by atoms with Crippen LogP contribution in [0.2, 0.25) is 0 Å². The highest BCUT2D eigenvalue weighted by atomic mass is 16.6. The van der Waals surface area contributed by atoms with E-state index in [9.17, 15) is 14.4 Å². The molecule has 0 radical (unpaired) electrons. The summed E-state index contributed by atoms with van der Waals surface area (Å²) in [7, 11) is 0. The molecule has 0 saturated heterocycles. The average Bonchev–Trinajstić information content (AvgIpc) is 3.20. The van der Waals surface area contributed by atoms with Gasteiger partial charge in [-0.25, -0.2) is 0 Å². The van der Waals surface area contributed by atoms with Crippen molar-refractivity contribution in [1.82, 2.24) is 0 Å². The number of carbonyl (C=O) groups excluding carboxylic acids is 3. The van der Waals surface area contributed by atoms with Crippen molar-refractivity contribution in [1.29, 1.82) is 0 Å². The van der Waals surface area contributed by atoms with E-state index in [4.69, 9.17) is 14.2 Å². The minimum atomic E-state index is -0.763. The molecular formula is C54H104O6. The highest BCUT2D eigenvalue weighted by Crippen LogP contribution is 2.18. The molecule has 0 bridgehead atoms. The van der Waals surface area contributed by atoms with Gasteiger partial charge in [0.15, 0.2) is 6.10 Å². The third-order valence-electron chi connectivity index (χ3n) is 12.1. The Balaban J connectivity index is 4.24. The number of unbranched alkanes of at least 4 members (excludes halogenated alkanes) is 30. The first-order valence-corrected chi connectivity index (χ1v) is 26.6. The maximum Gasteiger partial charge on any atom is 0.306 e. The van der Waals surface area contributed by atoms with Crippen molar-refractivity contribution >= 4 is 17.9 Å². The molecule has 0 saturated carbocycles. The van der Waals surface area contributed by atoms with Gasteiger partial charge in [0, 0.05) is 19.3 Å². The van der Waals surface area contributed by atoms with Crippen molar-refractivity contribution in [2.45, 2.75) is 298 Å². The van der Waals surface area contributed by atoms with Crippen molar-refractivity contribution in [2.75, 3.05) is 13.2 Å². The maximum atomic E-state index is 12.8. The Bertz CT molecular complexity index is 929. The fourth-order valence-electron chi connectivity index (χ4n) is 8.12. The zero-order valence-corrected chi connectivity index (χ0v) is 41.3. The Morgan fingerprint density at radius 3 is 0.717 bits per heavy atom. The molecule has 60 heavy (non-hydrogen) atoms. The maximum absolute atomic E-state index is 12.8. The minimum absolute atomic E-state index is 0.0649. The second-order valence-corrected chi connectivity index (χ2v) is 19.9. The quantitative estimate of drug-likeness (QED) is 0.0345. The van der Waals surface area contributed by atoms with Gasteiger partial charge in [0.1, 0.15) is 13.2 Å². The zero-order chi connectivity index (χ0) is 44.2. The number of rotatable bonds is 47. The normalized spacial score (nSPS) is 12.2. The van der Waals surface area contributed by atoms with Crippen LogP contribution >= 0.6 is 0 Å². The summed E-state index contributed by atoms with van der Waals surface area (Å²) in [5.41, 5.74) is 0. The predicted molar refractivity (Wildman–Crippen MR) is 256 cm³/mol. The number of hydrogen-bond donors (Lipinski definition) is 0. The SMILES string of the molecule is CC(C)CCCCCCCCCCCCCCCCCCC(=O)OC[C@@H](COC(=O)CCCCCCCCCCCC(C)C)OC(=O)CCCCCCCCCCC(C)C. The molecule has 0 unspecified atom stereocenters. The smallest absolute Gasteiger partial charge is 0.306 e. The number of esters is 3. The molecule has 0 aromatic carbocycles. The van der Waals surface area contributed by atoms with E-state index in [2.05, 4.69) is 41.5 Å². The van der Waals surface area contributed by atoms with Gasteiger partial charge in [0.2, 0.25) is 0 Å². The minimum Gasteiger partial charge on any atom is -0.462 e. The van der Waals surface area contributed by atoms with Crippen molar-refractivity contribution in [2.24, 2.45) is 17.8 Å². The third-order valence-corrected chi connectivity index (χ3v) is 12.1. The first-order valence-electron chi connectivity index (χ1n) is 26.6. The Hall–Kier alpha value is -1.59. The molecular weight excluding hydrogens is 745 g/mol. The van der Waals surface area contributed by atoms with E-state index in [0.29, 0.717) is 19.3 Å². The van der Waals surface area contributed by atoms with Crippen LogP contribution in [-0.4, -0.2) is 37.2 Å². The Kier molecular flexibility index (Phi) is 44.2. The molecule has 0 spiro atoms. The molecule has 0 aromatic heterocycles. The molecule has 356 valence electrons. The van der Waals surface area contributed by atoms with Gasteiger partial charge in [0.05, 0.1) is 0 Å². The topological polar surface area (TPSA) is 78.9 Å². The summed E-state index contributed by atoms with van der Waals surface area (Å²) < 4.78 is 16.8. The molecule has 0 aromatic rings. The Morgan fingerprint density at radius 2 is 0.483 bits per heavy atom. The van der Waals surface area contributed by atoms with Gasteiger partial charge in [-0.3, -0.25) is 14.4 Å². The van der Waals surface area contributed by atoms with Gasteiger partial charge in [-0.05, 0) is 37.0 Å². The summed E-state index contributed by atoms with van der Waals surface area (Å²) in [4.78, 5) is 37.9. The number of ether oxygens (including phenoxy) is 3. The van der Waals surface area contributed by atoms with Crippen LogP contribution in [0.3, 0.4) is 0 Å². The van der Waals surface area contributed by atoms with E-state index in [1.54, 1.807) is 0 Å². The summed E-state index contributed by atoms with van der Waals surface area (Å²) in [6, 6.07) is 0. The molecule has 6 heteroatoms. The molecule has 0 rings (SSSR count). The summed E-state index contributed by atoms with van der Waals surface area (Å²) in [5.74, 6) is 1.60. The van der Waals surface area contributed by atoms with E-state index in [1.165, 1.54) is 173 Å². The van der Waals surface area contributed by atoms with Gasteiger partial charge in [-0.2, -0.15) is 0 Å². The largest absolute Gasteiger partial charge is 0.462 e. The van der Waals surface area contributed by atoms with Crippen molar-refractivity contribution in [3.8, 4) is 0 Å². The lowest BCUT2D eigenvalue weighted by Crippen LogP contribution is -2.30. The summed E-state index contributed by atoms with van der Waals surface area (Å²) in [6.45, 7) is 13.7. The van der Waals surface area contributed by atoms with Gasteiger partial charge < -0.3 is 14.2 Å². The van der Waals surface area contributed by atoms with E-state index in [-0.39, 0.29) is 31.1 Å². The van der Waals surface area contributed by atoms with Crippen LogP contribution in [0.25, 0.3) is 0 Å². The third kappa shape index (κ3) is 47.5.